The van der Waals surface area contributed by atoms with Gasteiger partial charge in [0.25, 0.3) is 0 Å². The average molecular weight is 433 g/mol. The Kier molecular flexibility index (Phi) is 8.84. The SMILES string of the molecule is CC(CC(C)(C)CCC(C)(C)CC(C)(C)C(C)(C)C(=O)O)Oc1cccc(C(C)C)c1. The van der Waals surface area contributed by atoms with E-state index in [4.69, 9.17) is 4.74 Å². The molecule has 1 unspecified atom stereocenters. The lowest BCUT2D eigenvalue weighted by Crippen LogP contribution is -2.42. The molecule has 0 spiro atoms. The number of carboxylic acids is 1. The highest BCUT2D eigenvalue weighted by atomic mass is 16.5. The Balaban J connectivity index is 2.70. The van der Waals surface area contributed by atoms with Crippen molar-refractivity contribution in [1.82, 2.24) is 0 Å². The summed E-state index contributed by atoms with van der Waals surface area (Å²) in [6, 6.07) is 8.43. The lowest BCUT2D eigenvalue weighted by atomic mass is 9.60. The highest BCUT2D eigenvalue weighted by Gasteiger charge is 2.46. The van der Waals surface area contributed by atoms with E-state index in [0.717, 1.165) is 31.4 Å². The van der Waals surface area contributed by atoms with Crippen LogP contribution in [0, 0.1) is 21.7 Å². The molecule has 178 valence electrons. The van der Waals surface area contributed by atoms with Gasteiger partial charge in [0.2, 0.25) is 0 Å². The molecule has 1 atom stereocenters. The van der Waals surface area contributed by atoms with Gasteiger partial charge in [-0.1, -0.05) is 67.5 Å². The molecule has 0 aliphatic heterocycles. The van der Waals surface area contributed by atoms with E-state index in [1.54, 1.807) is 0 Å². The lowest BCUT2D eigenvalue weighted by Gasteiger charge is -2.44. The van der Waals surface area contributed by atoms with E-state index < -0.39 is 11.4 Å². The fourth-order valence-electron chi connectivity index (χ4n) is 4.57. The Hall–Kier alpha value is -1.51. The van der Waals surface area contributed by atoms with E-state index in [2.05, 4.69) is 80.5 Å². The molecule has 0 amide bonds. The van der Waals surface area contributed by atoms with Crippen molar-refractivity contribution in [2.24, 2.45) is 21.7 Å². The van der Waals surface area contributed by atoms with Crippen LogP contribution in [0.2, 0.25) is 0 Å². The molecule has 1 rings (SSSR count). The van der Waals surface area contributed by atoms with Crippen molar-refractivity contribution < 1.29 is 14.6 Å². The van der Waals surface area contributed by atoms with Crippen molar-refractivity contribution in [2.45, 2.75) is 114 Å². The first-order valence-electron chi connectivity index (χ1n) is 11.9. The van der Waals surface area contributed by atoms with Crippen molar-refractivity contribution in [3.05, 3.63) is 29.8 Å². The summed E-state index contributed by atoms with van der Waals surface area (Å²) < 4.78 is 6.26. The largest absolute Gasteiger partial charge is 0.491 e. The van der Waals surface area contributed by atoms with Crippen LogP contribution in [0.1, 0.15) is 113 Å². The number of hydrogen-bond donors (Lipinski definition) is 1. The Bertz CT molecular complexity index is 726. The second kappa shape index (κ2) is 9.96. The Labute approximate surface area is 192 Å². The van der Waals surface area contributed by atoms with Crippen LogP contribution >= 0.6 is 0 Å². The molecule has 0 heterocycles. The summed E-state index contributed by atoms with van der Waals surface area (Å²) in [5, 5.41) is 9.69. The van der Waals surface area contributed by atoms with E-state index in [1.807, 2.05) is 19.9 Å². The molecule has 0 aliphatic carbocycles. The topological polar surface area (TPSA) is 46.5 Å². The van der Waals surface area contributed by atoms with Crippen molar-refractivity contribution in [3.8, 4) is 5.75 Å². The smallest absolute Gasteiger partial charge is 0.309 e. The van der Waals surface area contributed by atoms with E-state index >= 15 is 0 Å². The van der Waals surface area contributed by atoms with E-state index in [9.17, 15) is 9.90 Å². The summed E-state index contributed by atoms with van der Waals surface area (Å²) >= 11 is 0. The Morgan fingerprint density at radius 2 is 1.48 bits per heavy atom. The summed E-state index contributed by atoms with van der Waals surface area (Å²) in [5.74, 6) is 0.724. The van der Waals surface area contributed by atoms with Crippen molar-refractivity contribution in [1.29, 1.82) is 0 Å². The summed E-state index contributed by atoms with van der Waals surface area (Å²) in [4.78, 5) is 11.8. The fourth-order valence-corrected chi connectivity index (χ4v) is 4.57. The van der Waals surface area contributed by atoms with Gasteiger partial charge in [0.15, 0.2) is 0 Å². The predicted octanol–water partition coefficient (Wildman–Crippen LogP) is 8.33. The van der Waals surface area contributed by atoms with Gasteiger partial charge in [-0.25, -0.2) is 0 Å². The van der Waals surface area contributed by atoms with Crippen LogP contribution in [-0.4, -0.2) is 17.2 Å². The van der Waals surface area contributed by atoms with Crippen molar-refractivity contribution in [3.63, 3.8) is 0 Å². The maximum Gasteiger partial charge on any atom is 0.309 e. The Morgan fingerprint density at radius 1 is 0.935 bits per heavy atom. The van der Waals surface area contributed by atoms with Crippen LogP contribution in [0.4, 0.5) is 0 Å². The second-order valence-electron chi connectivity index (χ2n) is 12.7. The van der Waals surface area contributed by atoms with E-state index in [1.165, 1.54) is 5.56 Å². The zero-order valence-electron chi connectivity index (χ0n) is 22.1. The zero-order valence-corrected chi connectivity index (χ0v) is 22.1. The van der Waals surface area contributed by atoms with Gasteiger partial charge in [-0.15, -0.1) is 0 Å². The minimum absolute atomic E-state index is 0.0726. The molecule has 1 N–H and O–H groups in total. The highest BCUT2D eigenvalue weighted by Crippen LogP contribution is 2.49. The third-order valence-electron chi connectivity index (χ3n) is 7.33. The van der Waals surface area contributed by atoms with Gasteiger partial charge in [-0.3, -0.25) is 4.79 Å². The quantitative estimate of drug-likeness (QED) is 0.361. The number of hydrogen-bond acceptors (Lipinski definition) is 2. The molecule has 0 saturated carbocycles. The Morgan fingerprint density at radius 3 is 2.00 bits per heavy atom. The molecule has 0 aliphatic rings. The molecular weight excluding hydrogens is 384 g/mol. The predicted molar refractivity (Wildman–Crippen MR) is 132 cm³/mol. The number of rotatable bonds is 12. The molecule has 1 aromatic carbocycles. The third-order valence-corrected chi connectivity index (χ3v) is 7.33. The van der Waals surface area contributed by atoms with Gasteiger partial charge >= 0.3 is 5.97 Å². The van der Waals surface area contributed by atoms with Crippen LogP contribution in [0.15, 0.2) is 24.3 Å². The van der Waals surface area contributed by atoms with Crippen molar-refractivity contribution in [2.75, 3.05) is 0 Å². The first-order valence-corrected chi connectivity index (χ1v) is 11.9. The monoisotopic (exact) mass is 432 g/mol. The van der Waals surface area contributed by atoms with Gasteiger partial charge in [-0.05, 0) is 86.3 Å². The number of ether oxygens (including phenoxy) is 1. The van der Waals surface area contributed by atoms with Gasteiger partial charge in [0.05, 0.1) is 11.5 Å². The molecule has 3 heteroatoms. The molecule has 0 bridgehead atoms. The first kappa shape index (κ1) is 27.5. The maximum absolute atomic E-state index is 11.8. The standard InChI is InChI=1S/C28H48O3/c1-20(2)22-13-12-14-23(17-22)31-21(3)18-25(4,5)15-16-26(6,7)19-27(8,9)28(10,11)24(29)30/h12-14,17,20-21H,15-16,18-19H2,1-11H3,(H,29,30). The van der Waals surface area contributed by atoms with E-state index in [-0.39, 0.29) is 22.3 Å². The van der Waals surface area contributed by atoms with Crippen LogP contribution in [0.5, 0.6) is 5.75 Å². The molecule has 3 nitrogen and oxygen atoms in total. The minimum atomic E-state index is -0.757. The van der Waals surface area contributed by atoms with Gasteiger partial charge < -0.3 is 9.84 Å². The van der Waals surface area contributed by atoms with Crippen LogP contribution in [-0.2, 0) is 4.79 Å². The van der Waals surface area contributed by atoms with E-state index in [0.29, 0.717) is 5.92 Å². The molecular formula is C28H48O3. The molecule has 0 fully saturated rings. The number of carboxylic acid groups (broad SMARTS) is 1. The highest BCUT2D eigenvalue weighted by molar-refractivity contribution is 5.74. The second-order valence-corrected chi connectivity index (χ2v) is 12.7. The maximum atomic E-state index is 11.8. The summed E-state index contributed by atoms with van der Waals surface area (Å²) in [6.07, 6.45) is 4.16. The minimum Gasteiger partial charge on any atom is -0.491 e. The summed E-state index contributed by atoms with van der Waals surface area (Å²) in [7, 11) is 0. The lowest BCUT2D eigenvalue weighted by molar-refractivity contribution is -0.155. The molecule has 0 aromatic heterocycles. The molecule has 0 saturated heterocycles. The normalized spacial score (nSPS) is 14.6. The first-order chi connectivity index (χ1) is 13.9. The summed E-state index contributed by atoms with van der Waals surface area (Å²) in [5.41, 5.74) is 0.483. The van der Waals surface area contributed by atoms with Crippen LogP contribution in [0.25, 0.3) is 0 Å². The number of aliphatic carboxylic acids is 1. The number of benzene rings is 1. The van der Waals surface area contributed by atoms with Crippen LogP contribution in [0.3, 0.4) is 0 Å². The summed E-state index contributed by atoms with van der Waals surface area (Å²) in [6.45, 7) is 23.6. The van der Waals surface area contributed by atoms with Gasteiger partial charge in [-0.2, -0.15) is 0 Å². The van der Waals surface area contributed by atoms with Crippen molar-refractivity contribution >= 4 is 5.97 Å². The molecule has 0 radical (unpaired) electrons. The molecule has 31 heavy (non-hydrogen) atoms. The average Bonchev–Trinajstić information content (AvgIpc) is 2.58. The third kappa shape index (κ3) is 8.16. The molecule has 1 aromatic rings. The fraction of sp³-hybridized carbons (Fsp3) is 0.750. The van der Waals surface area contributed by atoms with Gasteiger partial charge in [0.1, 0.15) is 5.75 Å². The van der Waals surface area contributed by atoms with Gasteiger partial charge in [0, 0.05) is 0 Å². The zero-order chi connectivity index (χ0) is 24.3. The van der Waals surface area contributed by atoms with Crippen LogP contribution < -0.4 is 4.74 Å². The number of carbonyl (C=O) groups is 1.